The highest BCUT2D eigenvalue weighted by molar-refractivity contribution is 6.60. The second-order valence-corrected chi connectivity index (χ2v) is 13.5. The second-order valence-electron chi connectivity index (χ2n) is 13.1. The highest BCUT2D eigenvalue weighted by Gasteiger charge is 2.31. The summed E-state index contributed by atoms with van der Waals surface area (Å²) in [6, 6.07) is 27.4. The van der Waals surface area contributed by atoms with E-state index in [9.17, 15) is 19.6 Å². The van der Waals surface area contributed by atoms with E-state index in [-0.39, 0.29) is 29.6 Å². The summed E-state index contributed by atoms with van der Waals surface area (Å²) in [5, 5.41) is 32.0. The van der Waals surface area contributed by atoms with Gasteiger partial charge in [-0.1, -0.05) is 66.2 Å². The van der Waals surface area contributed by atoms with Crippen molar-refractivity contribution in [1.82, 2.24) is 25.0 Å². The molecule has 0 saturated carbocycles. The number of nitrogens with one attached hydrogen (secondary N) is 1. The lowest BCUT2D eigenvalue weighted by Crippen LogP contribution is -2.43. The van der Waals surface area contributed by atoms with Crippen LogP contribution >= 0.6 is 11.6 Å². The molecule has 3 N–H and O–H groups in total. The first-order chi connectivity index (χ1) is 25.2. The number of fused-ring (bicyclic) bond motifs is 3. The SMILES string of the molecule is COc1ccc2c(c1)C(c1ccc(Cl)cc1)=N[C@@H](CC(=O)NCc1cccc(C3CCN(C(=O)c4ccccc4B(O)O)CC3)c1)c1nnc(C)n1-2. The molecule has 13 heteroatoms. The third-order valence-electron chi connectivity index (χ3n) is 9.79. The van der Waals surface area contributed by atoms with E-state index < -0.39 is 13.2 Å². The maximum Gasteiger partial charge on any atom is 0.489 e. The average molecular weight is 717 g/mol. The zero-order valence-electron chi connectivity index (χ0n) is 28.9. The van der Waals surface area contributed by atoms with Gasteiger partial charge in [0, 0.05) is 41.3 Å². The average Bonchev–Trinajstić information content (AvgIpc) is 3.50. The normalized spacial score (nSPS) is 15.6. The molecule has 7 rings (SSSR count). The fourth-order valence-corrected chi connectivity index (χ4v) is 7.21. The minimum Gasteiger partial charge on any atom is -0.497 e. The Morgan fingerprint density at radius 2 is 1.73 bits per heavy atom. The van der Waals surface area contributed by atoms with Crippen molar-refractivity contribution in [3.05, 3.63) is 135 Å². The zero-order chi connectivity index (χ0) is 36.4. The van der Waals surface area contributed by atoms with Crippen LogP contribution in [0.1, 0.15) is 75.5 Å². The number of piperidine rings is 1. The molecule has 1 saturated heterocycles. The van der Waals surface area contributed by atoms with E-state index in [0.29, 0.717) is 53.3 Å². The summed E-state index contributed by atoms with van der Waals surface area (Å²) in [5.41, 5.74) is 5.86. The summed E-state index contributed by atoms with van der Waals surface area (Å²) >= 11 is 6.23. The fraction of sp³-hybridized carbons (Fsp3) is 0.256. The maximum atomic E-state index is 13.6. The number of benzene rings is 4. The third-order valence-corrected chi connectivity index (χ3v) is 10.0. The molecule has 2 aliphatic rings. The highest BCUT2D eigenvalue weighted by atomic mass is 35.5. The molecule has 4 aromatic carbocycles. The van der Waals surface area contributed by atoms with E-state index in [2.05, 4.69) is 27.6 Å². The van der Waals surface area contributed by atoms with Gasteiger partial charge in [-0.25, -0.2) is 0 Å². The molecule has 52 heavy (non-hydrogen) atoms. The Bertz CT molecular complexity index is 2150. The van der Waals surface area contributed by atoms with Crippen molar-refractivity contribution < 1.29 is 24.4 Å². The number of aliphatic imine (C=N–C) groups is 1. The predicted octanol–water partition coefficient (Wildman–Crippen LogP) is 4.54. The van der Waals surface area contributed by atoms with E-state index in [1.807, 2.05) is 66.1 Å². The minimum atomic E-state index is -1.71. The van der Waals surface area contributed by atoms with Crippen LogP contribution in [0.2, 0.25) is 5.02 Å². The number of aromatic nitrogens is 3. The molecule has 0 spiro atoms. The number of nitrogens with zero attached hydrogens (tertiary/aromatic N) is 5. The molecule has 5 aromatic rings. The number of aryl methyl sites for hydroxylation is 1. The lowest BCUT2D eigenvalue weighted by molar-refractivity contribution is -0.121. The summed E-state index contributed by atoms with van der Waals surface area (Å²) in [6.07, 6.45) is 1.60. The Kier molecular flexibility index (Phi) is 10.2. The number of rotatable bonds is 9. The maximum absolute atomic E-state index is 13.6. The van der Waals surface area contributed by atoms with Gasteiger partial charge in [-0.05, 0) is 78.7 Å². The van der Waals surface area contributed by atoms with Crippen LogP contribution in [0.3, 0.4) is 0 Å². The summed E-state index contributed by atoms with van der Waals surface area (Å²) < 4.78 is 7.52. The van der Waals surface area contributed by atoms with Gasteiger partial charge in [-0.3, -0.25) is 19.1 Å². The molecule has 2 amide bonds. The molecule has 0 aliphatic carbocycles. The number of halogens is 1. The molecular formula is C39H38BClN6O5. The van der Waals surface area contributed by atoms with Crippen LogP contribution in [-0.2, 0) is 11.3 Å². The van der Waals surface area contributed by atoms with E-state index in [4.69, 9.17) is 21.3 Å². The van der Waals surface area contributed by atoms with Crippen molar-refractivity contribution in [2.75, 3.05) is 20.2 Å². The van der Waals surface area contributed by atoms with Gasteiger partial charge < -0.3 is 25.0 Å². The molecule has 3 heterocycles. The van der Waals surface area contributed by atoms with Crippen LogP contribution in [0.5, 0.6) is 5.75 Å². The Hall–Kier alpha value is -5.30. The van der Waals surface area contributed by atoms with Gasteiger partial charge in [0.2, 0.25) is 5.91 Å². The van der Waals surface area contributed by atoms with E-state index in [0.717, 1.165) is 40.8 Å². The number of hydrogen-bond acceptors (Lipinski definition) is 8. The van der Waals surface area contributed by atoms with Crippen LogP contribution in [0, 0.1) is 6.92 Å². The van der Waals surface area contributed by atoms with Crippen LogP contribution in [0.15, 0.2) is 96.0 Å². The summed E-state index contributed by atoms with van der Waals surface area (Å²) in [6.45, 7) is 3.33. The number of hydrogen-bond donors (Lipinski definition) is 3. The lowest BCUT2D eigenvalue weighted by atomic mass is 9.76. The summed E-state index contributed by atoms with van der Waals surface area (Å²) in [4.78, 5) is 33.7. The number of amides is 2. The molecule has 0 bridgehead atoms. The Morgan fingerprint density at radius 3 is 2.48 bits per heavy atom. The number of carbonyl (C=O) groups excluding carboxylic acids is 2. The Labute approximate surface area is 307 Å². The topological polar surface area (TPSA) is 142 Å². The zero-order valence-corrected chi connectivity index (χ0v) is 29.6. The number of methoxy groups -OCH3 is 1. The Balaban J connectivity index is 1.05. The second kappa shape index (κ2) is 15.1. The van der Waals surface area contributed by atoms with Crippen molar-refractivity contribution >= 4 is 41.7 Å². The predicted molar refractivity (Wildman–Crippen MR) is 200 cm³/mol. The first-order valence-corrected chi connectivity index (χ1v) is 17.6. The molecule has 1 aromatic heterocycles. The van der Waals surface area contributed by atoms with Crippen molar-refractivity contribution in [1.29, 1.82) is 0 Å². The standard InChI is InChI=1S/C39H38BClN6O5/c1-24-44-45-38-34(43-37(27-10-12-29(41)13-11-27)32-21-30(52-2)14-15-35(32)47(24)38)22-36(48)42-23-25-6-5-7-28(20-25)26-16-18-46(19-17-26)39(49)31-8-3-4-9-33(31)40(50)51/h3-15,20-21,26,34,50-51H,16-19,22-23H2,1-2H3,(H,42,48)/t34-/m0/s1. The smallest absolute Gasteiger partial charge is 0.489 e. The van der Waals surface area contributed by atoms with Crippen molar-refractivity contribution in [3.8, 4) is 11.4 Å². The van der Waals surface area contributed by atoms with Gasteiger partial charge in [0.15, 0.2) is 5.82 Å². The minimum absolute atomic E-state index is 0.0585. The molecule has 0 radical (unpaired) electrons. The third kappa shape index (κ3) is 7.23. The fourth-order valence-electron chi connectivity index (χ4n) is 7.09. The lowest BCUT2D eigenvalue weighted by Gasteiger charge is -2.33. The number of carbonyl (C=O) groups is 2. The van der Waals surface area contributed by atoms with E-state index in [1.54, 1.807) is 36.3 Å². The van der Waals surface area contributed by atoms with Crippen molar-refractivity contribution in [2.24, 2.45) is 4.99 Å². The first kappa shape index (κ1) is 35.1. The van der Waals surface area contributed by atoms with Crippen LogP contribution < -0.4 is 15.5 Å². The van der Waals surface area contributed by atoms with Crippen LogP contribution in [-0.4, -0.2) is 74.6 Å². The largest absolute Gasteiger partial charge is 0.497 e. The molecule has 11 nitrogen and oxygen atoms in total. The van der Waals surface area contributed by atoms with Gasteiger partial charge in [0.1, 0.15) is 17.6 Å². The molecule has 2 aliphatic heterocycles. The van der Waals surface area contributed by atoms with Crippen molar-refractivity contribution in [2.45, 2.75) is 44.7 Å². The van der Waals surface area contributed by atoms with E-state index >= 15 is 0 Å². The van der Waals surface area contributed by atoms with Gasteiger partial charge in [-0.15, -0.1) is 10.2 Å². The van der Waals surface area contributed by atoms with Gasteiger partial charge in [0.05, 0.1) is 24.9 Å². The van der Waals surface area contributed by atoms with Gasteiger partial charge >= 0.3 is 7.12 Å². The number of ether oxygens (including phenoxy) is 1. The summed E-state index contributed by atoms with van der Waals surface area (Å²) in [7, 11) is -0.0887. The number of likely N-dealkylation sites (tertiary alicyclic amines) is 1. The van der Waals surface area contributed by atoms with E-state index in [1.165, 1.54) is 0 Å². The van der Waals surface area contributed by atoms with Crippen LogP contribution in [0.25, 0.3) is 5.69 Å². The molecule has 1 fully saturated rings. The molecule has 1 atom stereocenters. The molecular weight excluding hydrogens is 679 g/mol. The monoisotopic (exact) mass is 716 g/mol. The highest BCUT2D eigenvalue weighted by Crippen LogP contribution is 2.35. The van der Waals surface area contributed by atoms with Gasteiger partial charge in [0.25, 0.3) is 5.91 Å². The Morgan fingerprint density at radius 1 is 0.962 bits per heavy atom. The molecule has 264 valence electrons. The van der Waals surface area contributed by atoms with Crippen molar-refractivity contribution in [3.63, 3.8) is 0 Å². The quantitative estimate of drug-likeness (QED) is 0.190. The molecule has 0 unspecified atom stereocenters. The van der Waals surface area contributed by atoms with Gasteiger partial charge in [-0.2, -0.15) is 0 Å². The van der Waals surface area contributed by atoms with Crippen LogP contribution in [0.4, 0.5) is 0 Å². The summed E-state index contributed by atoms with van der Waals surface area (Å²) in [5.74, 6) is 1.81. The first-order valence-electron chi connectivity index (χ1n) is 17.2.